The van der Waals surface area contributed by atoms with E-state index in [0.717, 1.165) is 0 Å². The number of nitrogens with zero attached hydrogens (tertiary/aromatic N) is 1. The molecule has 4 N–H and O–H groups in total. The van der Waals surface area contributed by atoms with E-state index in [1.54, 1.807) is 0 Å². The largest absolute Gasteiger partial charge is 0.382 e. The van der Waals surface area contributed by atoms with Crippen molar-refractivity contribution >= 4 is 17.7 Å². The first-order valence-corrected chi connectivity index (χ1v) is 7.98. The normalized spacial score (nSPS) is 15.4. The number of rotatable bonds is 7. The van der Waals surface area contributed by atoms with Crippen LogP contribution in [0.25, 0.3) is 0 Å². The molecule has 24 heavy (non-hydrogen) atoms. The van der Waals surface area contributed by atoms with Gasteiger partial charge >= 0.3 is 0 Å². The topological polar surface area (TPSA) is 119 Å². The van der Waals surface area contributed by atoms with Gasteiger partial charge in [0.1, 0.15) is 12.1 Å². The van der Waals surface area contributed by atoms with Gasteiger partial charge in [0.15, 0.2) is 0 Å². The molecule has 0 unspecified atom stereocenters. The summed E-state index contributed by atoms with van der Waals surface area (Å²) < 4.78 is 0. The number of hydrogen-bond donors (Lipinski definition) is 4. The Kier molecular flexibility index (Phi) is 8.36. The summed E-state index contributed by atoms with van der Waals surface area (Å²) in [4.78, 5) is 37.9. The highest BCUT2D eigenvalue weighted by Gasteiger charge is 2.41. The third kappa shape index (κ3) is 5.76. The fourth-order valence-corrected chi connectivity index (χ4v) is 2.80. The number of carbonyl (C=O) groups is 3. The second-order valence-electron chi connectivity index (χ2n) is 7.49. The minimum absolute atomic E-state index is 0.0292. The van der Waals surface area contributed by atoms with Gasteiger partial charge in [-0.2, -0.15) is 0 Å². The Morgan fingerprint density at radius 1 is 1.12 bits per heavy atom. The molecule has 0 aromatic heterocycles. The van der Waals surface area contributed by atoms with Crippen LogP contribution < -0.4 is 10.8 Å². The zero-order chi connectivity index (χ0) is 19.2. The second-order valence-corrected chi connectivity index (χ2v) is 7.49. The molecule has 0 saturated carbocycles. The summed E-state index contributed by atoms with van der Waals surface area (Å²) in [5.74, 6) is -2.93. The number of nitrogens with one attached hydrogen (secondary N) is 2. The number of likely N-dealkylation sites (N-methyl/N-ethyl adjacent to an activating group) is 2. The standard InChI is InChI=1S/C16H31N3O5/c1-9(2)8-10(11(20)13(21)18-24)15(23)19(7)12(14(22)17-6)16(3,4)5/h9-12,20,24H,8H2,1-7H3,(H,17,22)(H,18,21)/t10-,11+,12-/m1/s1. The van der Waals surface area contributed by atoms with E-state index >= 15 is 0 Å². The van der Waals surface area contributed by atoms with Crippen molar-refractivity contribution in [2.45, 2.75) is 53.2 Å². The monoisotopic (exact) mass is 345 g/mol. The Labute approximate surface area is 143 Å². The maximum atomic E-state index is 12.9. The molecule has 3 amide bonds. The summed E-state index contributed by atoms with van der Waals surface area (Å²) in [6, 6.07) is -0.769. The van der Waals surface area contributed by atoms with Crippen LogP contribution >= 0.6 is 0 Å². The lowest BCUT2D eigenvalue weighted by atomic mass is 9.83. The smallest absolute Gasteiger partial charge is 0.272 e. The van der Waals surface area contributed by atoms with Gasteiger partial charge in [-0.15, -0.1) is 0 Å². The summed E-state index contributed by atoms with van der Waals surface area (Å²) >= 11 is 0. The SMILES string of the molecule is CNC(=O)[C@@H](N(C)C(=O)[C@H](CC(C)C)[C@H](O)C(=O)NO)C(C)(C)C. The average molecular weight is 345 g/mol. The number of carbonyl (C=O) groups excluding carboxylic acids is 3. The van der Waals surface area contributed by atoms with Crippen LogP contribution in [0.5, 0.6) is 0 Å². The Bertz CT molecular complexity index is 459. The molecule has 8 heteroatoms. The van der Waals surface area contributed by atoms with E-state index in [0.29, 0.717) is 0 Å². The third-order valence-electron chi connectivity index (χ3n) is 3.85. The van der Waals surface area contributed by atoms with Gasteiger partial charge < -0.3 is 15.3 Å². The average Bonchev–Trinajstić information content (AvgIpc) is 2.48. The molecule has 0 saturated heterocycles. The van der Waals surface area contributed by atoms with Crippen molar-refractivity contribution in [1.82, 2.24) is 15.7 Å². The molecule has 0 bridgehead atoms. The Morgan fingerprint density at radius 2 is 1.62 bits per heavy atom. The molecule has 0 heterocycles. The number of hydroxylamine groups is 1. The number of aliphatic hydroxyl groups is 1. The Balaban J connectivity index is 5.66. The molecule has 0 radical (unpaired) electrons. The molecule has 3 atom stereocenters. The fraction of sp³-hybridized carbons (Fsp3) is 0.812. The first kappa shape index (κ1) is 22.3. The highest BCUT2D eigenvalue weighted by atomic mass is 16.5. The van der Waals surface area contributed by atoms with Gasteiger partial charge in [-0.25, -0.2) is 5.48 Å². The molecule has 0 spiro atoms. The van der Waals surface area contributed by atoms with Crippen molar-refractivity contribution in [2.75, 3.05) is 14.1 Å². The molecule has 0 fully saturated rings. The van der Waals surface area contributed by atoms with Crippen LogP contribution in [0.15, 0.2) is 0 Å². The van der Waals surface area contributed by atoms with E-state index in [1.807, 2.05) is 34.6 Å². The van der Waals surface area contributed by atoms with Crippen LogP contribution in [-0.4, -0.2) is 59.2 Å². The van der Waals surface area contributed by atoms with E-state index in [2.05, 4.69) is 5.32 Å². The van der Waals surface area contributed by atoms with Crippen LogP contribution in [0.1, 0.15) is 41.0 Å². The van der Waals surface area contributed by atoms with E-state index in [4.69, 9.17) is 5.21 Å². The Morgan fingerprint density at radius 3 is 1.96 bits per heavy atom. The lowest BCUT2D eigenvalue weighted by Crippen LogP contribution is -2.56. The highest BCUT2D eigenvalue weighted by Crippen LogP contribution is 2.27. The number of amides is 3. The van der Waals surface area contributed by atoms with Crippen LogP contribution in [0, 0.1) is 17.3 Å². The highest BCUT2D eigenvalue weighted by molar-refractivity contribution is 5.92. The fourth-order valence-electron chi connectivity index (χ4n) is 2.80. The predicted molar refractivity (Wildman–Crippen MR) is 89.0 cm³/mol. The van der Waals surface area contributed by atoms with Crippen molar-refractivity contribution in [2.24, 2.45) is 17.3 Å². The van der Waals surface area contributed by atoms with E-state index in [1.165, 1.54) is 24.5 Å². The van der Waals surface area contributed by atoms with Gasteiger partial charge in [0.25, 0.3) is 5.91 Å². The van der Waals surface area contributed by atoms with Crippen LogP contribution in [0.4, 0.5) is 0 Å². The molecule has 0 aliphatic heterocycles. The molecule has 140 valence electrons. The molecule has 0 rings (SSSR count). The van der Waals surface area contributed by atoms with Crippen LogP contribution in [0.3, 0.4) is 0 Å². The maximum Gasteiger partial charge on any atom is 0.272 e. The van der Waals surface area contributed by atoms with Crippen molar-refractivity contribution in [3.8, 4) is 0 Å². The quantitative estimate of drug-likeness (QED) is 0.386. The van der Waals surface area contributed by atoms with Gasteiger partial charge in [-0.3, -0.25) is 19.6 Å². The molecule has 8 nitrogen and oxygen atoms in total. The second kappa shape index (κ2) is 8.98. The van der Waals surface area contributed by atoms with E-state index in [-0.39, 0.29) is 18.2 Å². The van der Waals surface area contributed by atoms with Crippen molar-refractivity contribution in [1.29, 1.82) is 0 Å². The summed E-state index contributed by atoms with van der Waals surface area (Å²) in [6.07, 6.45) is -1.46. The summed E-state index contributed by atoms with van der Waals surface area (Å²) in [7, 11) is 2.96. The van der Waals surface area contributed by atoms with Gasteiger partial charge in [-0.05, 0) is 17.8 Å². The first-order valence-electron chi connectivity index (χ1n) is 7.98. The maximum absolute atomic E-state index is 12.9. The van der Waals surface area contributed by atoms with E-state index < -0.39 is 35.3 Å². The lowest BCUT2D eigenvalue weighted by molar-refractivity contribution is -0.155. The van der Waals surface area contributed by atoms with Crippen molar-refractivity contribution in [3.05, 3.63) is 0 Å². The molecule has 0 aliphatic rings. The molecular formula is C16H31N3O5. The molecule has 0 aliphatic carbocycles. The predicted octanol–water partition coefficient (Wildman–Crippen LogP) is 0.134. The minimum atomic E-state index is -1.70. The van der Waals surface area contributed by atoms with Crippen LogP contribution in [-0.2, 0) is 14.4 Å². The van der Waals surface area contributed by atoms with Gasteiger partial charge in [0.2, 0.25) is 11.8 Å². The zero-order valence-corrected chi connectivity index (χ0v) is 15.6. The van der Waals surface area contributed by atoms with Crippen LogP contribution in [0.2, 0.25) is 0 Å². The van der Waals surface area contributed by atoms with Crippen molar-refractivity contribution < 1.29 is 24.7 Å². The van der Waals surface area contributed by atoms with Gasteiger partial charge in [-0.1, -0.05) is 34.6 Å². The minimum Gasteiger partial charge on any atom is -0.382 e. The molecular weight excluding hydrogens is 314 g/mol. The zero-order valence-electron chi connectivity index (χ0n) is 15.6. The van der Waals surface area contributed by atoms with Gasteiger partial charge in [0.05, 0.1) is 5.92 Å². The number of aliphatic hydroxyl groups excluding tert-OH is 1. The molecule has 0 aromatic rings. The molecule has 0 aromatic carbocycles. The third-order valence-corrected chi connectivity index (χ3v) is 3.85. The lowest BCUT2D eigenvalue weighted by Gasteiger charge is -2.38. The summed E-state index contributed by atoms with van der Waals surface area (Å²) in [6.45, 7) is 9.18. The van der Waals surface area contributed by atoms with Crippen molar-refractivity contribution in [3.63, 3.8) is 0 Å². The van der Waals surface area contributed by atoms with Gasteiger partial charge in [0, 0.05) is 14.1 Å². The number of hydrogen-bond acceptors (Lipinski definition) is 5. The Hall–Kier alpha value is -1.67. The first-order chi connectivity index (χ1) is 10.9. The summed E-state index contributed by atoms with van der Waals surface area (Å²) in [5, 5.41) is 21.4. The van der Waals surface area contributed by atoms with E-state index in [9.17, 15) is 19.5 Å². The summed E-state index contributed by atoms with van der Waals surface area (Å²) in [5.41, 5.74) is 0.822.